The minimum Gasteiger partial charge on any atom is -0.379 e. The fourth-order valence-corrected chi connectivity index (χ4v) is 3.32. The number of hydrogen-bond acceptors (Lipinski definition) is 5. The van der Waals surface area contributed by atoms with Crippen LogP contribution in [0.15, 0.2) is 4.99 Å². The van der Waals surface area contributed by atoms with Crippen molar-refractivity contribution in [3.05, 3.63) is 0 Å². The van der Waals surface area contributed by atoms with Crippen LogP contribution >= 0.6 is 0 Å². The van der Waals surface area contributed by atoms with Crippen molar-refractivity contribution in [2.24, 2.45) is 4.99 Å². The third kappa shape index (κ3) is 9.16. The van der Waals surface area contributed by atoms with E-state index in [2.05, 4.69) is 39.4 Å². The van der Waals surface area contributed by atoms with E-state index in [1.165, 1.54) is 32.6 Å². The molecule has 2 rings (SSSR count). The van der Waals surface area contributed by atoms with Crippen LogP contribution in [0, 0.1) is 0 Å². The predicted octanol–water partition coefficient (Wildman–Crippen LogP) is 0.765. The van der Waals surface area contributed by atoms with E-state index < -0.39 is 0 Å². The molecular weight excluding hydrogens is 330 g/mol. The number of ether oxygens (including phenoxy) is 2. The molecule has 2 N–H and O–H groups in total. The SMILES string of the molecule is CCNC(=NCCCOC1CCOC1)NCCCN1CCCN(C)CC1. The molecule has 0 aromatic heterocycles. The summed E-state index contributed by atoms with van der Waals surface area (Å²) in [7, 11) is 2.22. The van der Waals surface area contributed by atoms with E-state index in [4.69, 9.17) is 9.47 Å². The van der Waals surface area contributed by atoms with Gasteiger partial charge < -0.3 is 29.9 Å². The summed E-state index contributed by atoms with van der Waals surface area (Å²) in [6.45, 7) is 13.1. The van der Waals surface area contributed by atoms with Crippen molar-refractivity contribution < 1.29 is 9.47 Å². The van der Waals surface area contributed by atoms with E-state index in [9.17, 15) is 0 Å². The molecule has 0 bridgehead atoms. The van der Waals surface area contributed by atoms with Gasteiger partial charge in [0.15, 0.2) is 5.96 Å². The van der Waals surface area contributed by atoms with Crippen LogP contribution in [0.3, 0.4) is 0 Å². The molecule has 0 spiro atoms. The summed E-state index contributed by atoms with van der Waals surface area (Å²) in [5.74, 6) is 0.923. The van der Waals surface area contributed by atoms with E-state index in [0.717, 1.165) is 71.2 Å². The molecule has 26 heavy (non-hydrogen) atoms. The standard InChI is InChI=1S/C19H39N5O2/c1-3-20-19(22-9-5-15-26-18-7-16-25-17-18)21-8-4-11-24-12-6-10-23(2)13-14-24/h18H,3-17H2,1-2H3,(H2,20,21,22). The first kappa shape index (κ1) is 21.4. The molecule has 0 aliphatic carbocycles. The van der Waals surface area contributed by atoms with Gasteiger partial charge in [0.25, 0.3) is 0 Å². The van der Waals surface area contributed by atoms with Crippen LogP contribution in [-0.2, 0) is 9.47 Å². The molecule has 152 valence electrons. The second-order valence-electron chi connectivity index (χ2n) is 7.25. The Kier molecular flexibility index (Phi) is 11.0. The highest BCUT2D eigenvalue weighted by Crippen LogP contribution is 2.08. The van der Waals surface area contributed by atoms with Crippen LogP contribution in [-0.4, -0.2) is 101 Å². The normalized spacial score (nSPS) is 23.2. The van der Waals surface area contributed by atoms with Crippen molar-refractivity contribution in [1.82, 2.24) is 20.4 Å². The maximum atomic E-state index is 5.78. The Bertz CT molecular complexity index is 388. The Morgan fingerprint density at radius 1 is 1.19 bits per heavy atom. The first-order valence-electron chi connectivity index (χ1n) is 10.4. The second-order valence-corrected chi connectivity index (χ2v) is 7.25. The minimum absolute atomic E-state index is 0.295. The number of nitrogens with one attached hydrogen (secondary N) is 2. The first-order valence-corrected chi connectivity index (χ1v) is 10.4. The highest BCUT2D eigenvalue weighted by molar-refractivity contribution is 5.79. The van der Waals surface area contributed by atoms with Gasteiger partial charge in [0.2, 0.25) is 0 Å². The molecule has 7 heteroatoms. The molecular formula is C19H39N5O2. The summed E-state index contributed by atoms with van der Waals surface area (Å²) in [6, 6.07) is 0. The third-order valence-electron chi connectivity index (χ3n) is 4.91. The Balaban J connectivity index is 1.54. The molecule has 0 aromatic carbocycles. The van der Waals surface area contributed by atoms with Gasteiger partial charge in [-0.15, -0.1) is 0 Å². The van der Waals surface area contributed by atoms with E-state index in [1.807, 2.05) is 0 Å². The van der Waals surface area contributed by atoms with Gasteiger partial charge >= 0.3 is 0 Å². The van der Waals surface area contributed by atoms with E-state index in [-0.39, 0.29) is 0 Å². The molecule has 2 aliphatic rings. The highest BCUT2D eigenvalue weighted by atomic mass is 16.5. The van der Waals surface area contributed by atoms with Gasteiger partial charge in [0, 0.05) is 45.9 Å². The van der Waals surface area contributed by atoms with Crippen molar-refractivity contribution in [2.75, 3.05) is 79.2 Å². The van der Waals surface area contributed by atoms with Crippen LogP contribution in [0.4, 0.5) is 0 Å². The number of aliphatic imine (C=N–C) groups is 1. The van der Waals surface area contributed by atoms with Gasteiger partial charge in [-0.2, -0.15) is 0 Å². The lowest BCUT2D eigenvalue weighted by Gasteiger charge is -2.20. The van der Waals surface area contributed by atoms with Crippen LogP contribution in [0.25, 0.3) is 0 Å². The summed E-state index contributed by atoms with van der Waals surface area (Å²) >= 11 is 0. The largest absolute Gasteiger partial charge is 0.379 e. The van der Waals surface area contributed by atoms with Crippen molar-refractivity contribution in [3.63, 3.8) is 0 Å². The molecule has 0 amide bonds. The Morgan fingerprint density at radius 2 is 2.12 bits per heavy atom. The zero-order valence-electron chi connectivity index (χ0n) is 16.8. The number of hydrogen-bond donors (Lipinski definition) is 2. The molecule has 1 atom stereocenters. The van der Waals surface area contributed by atoms with Gasteiger partial charge in [0.05, 0.1) is 12.7 Å². The average molecular weight is 370 g/mol. The number of nitrogens with zero attached hydrogens (tertiary/aromatic N) is 3. The lowest BCUT2D eigenvalue weighted by molar-refractivity contribution is 0.0424. The maximum absolute atomic E-state index is 5.78. The molecule has 2 aliphatic heterocycles. The van der Waals surface area contributed by atoms with Crippen LogP contribution < -0.4 is 10.6 Å². The third-order valence-corrected chi connectivity index (χ3v) is 4.91. The van der Waals surface area contributed by atoms with Gasteiger partial charge in [-0.05, 0) is 59.3 Å². The summed E-state index contributed by atoms with van der Waals surface area (Å²) in [5.41, 5.74) is 0. The molecule has 2 heterocycles. The van der Waals surface area contributed by atoms with Gasteiger partial charge in [0.1, 0.15) is 0 Å². The van der Waals surface area contributed by atoms with Gasteiger partial charge in [-0.1, -0.05) is 0 Å². The monoisotopic (exact) mass is 369 g/mol. The zero-order chi connectivity index (χ0) is 18.5. The number of guanidine groups is 1. The number of rotatable bonds is 10. The number of likely N-dealkylation sites (N-methyl/N-ethyl adjacent to an activating group) is 1. The average Bonchev–Trinajstić information content (AvgIpc) is 3.07. The van der Waals surface area contributed by atoms with Gasteiger partial charge in [-0.3, -0.25) is 4.99 Å². The maximum Gasteiger partial charge on any atom is 0.191 e. The van der Waals surface area contributed by atoms with Gasteiger partial charge in [-0.25, -0.2) is 0 Å². The lowest BCUT2D eigenvalue weighted by Crippen LogP contribution is -2.39. The minimum atomic E-state index is 0.295. The molecule has 7 nitrogen and oxygen atoms in total. The summed E-state index contributed by atoms with van der Waals surface area (Å²) < 4.78 is 11.1. The zero-order valence-corrected chi connectivity index (χ0v) is 16.8. The van der Waals surface area contributed by atoms with Crippen molar-refractivity contribution in [2.45, 2.75) is 38.7 Å². The molecule has 2 fully saturated rings. The highest BCUT2D eigenvalue weighted by Gasteiger charge is 2.15. The van der Waals surface area contributed by atoms with E-state index in [0.29, 0.717) is 6.10 Å². The smallest absolute Gasteiger partial charge is 0.191 e. The van der Waals surface area contributed by atoms with Crippen molar-refractivity contribution >= 4 is 5.96 Å². The molecule has 2 saturated heterocycles. The first-order chi connectivity index (χ1) is 12.8. The Morgan fingerprint density at radius 3 is 2.92 bits per heavy atom. The van der Waals surface area contributed by atoms with Crippen LogP contribution in [0.2, 0.25) is 0 Å². The quantitative estimate of drug-likeness (QED) is 0.337. The predicted molar refractivity (Wildman–Crippen MR) is 107 cm³/mol. The summed E-state index contributed by atoms with van der Waals surface area (Å²) in [6.07, 6.45) is 4.71. The molecule has 0 radical (unpaired) electrons. The topological polar surface area (TPSA) is 61.4 Å². The Labute approximate surface area is 159 Å². The van der Waals surface area contributed by atoms with E-state index >= 15 is 0 Å². The molecule has 0 aromatic rings. The summed E-state index contributed by atoms with van der Waals surface area (Å²) in [5, 5.41) is 6.78. The van der Waals surface area contributed by atoms with Crippen molar-refractivity contribution in [1.29, 1.82) is 0 Å². The van der Waals surface area contributed by atoms with Crippen LogP contribution in [0.5, 0.6) is 0 Å². The molecule has 1 unspecified atom stereocenters. The lowest BCUT2D eigenvalue weighted by atomic mass is 10.3. The van der Waals surface area contributed by atoms with Crippen LogP contribution in [0.1, 0.15) is 32.6 Å². The van der Waals surface area contributed by atoms with Crippen molar-refractivity contribution in [3.8, 4) is 0 Å². The second kappa shape index (κ2) is 13.3. The van der Waals surface area contributed by atoms with E-state index in [1.54, 1.807) is 0 Å². The molecule has 0 saturated carbocycles. The summed E-state index contributed by atoms with van der Waals surface area (Å²) in [4.78, 5) is 9.66. The fourth-order valence-electron chi connectivity index (χ4n) is 3.32. The Hall–Kier alpha value is -0.890. The fraction of sp³-hybridized carbons (Fsp3) is 0.947.